The number of aryl methyl sites for hydroxylation is 3. The Kier molecular flexibility index (Phi) is 8.06. The van der Waals surface area contributed by atoms with Crippen LogP contribution in [0.1, 0.15) is 46.1 Å². The Labute approximate surface area is 193 Å². The molecule has 7 heteroatoms. The summed E-state index contributed by atoms with van der Waals surface area (Å²) in [6.07, 6.45) is 1.65. The highest BCUT2D eigenvalue weighted by atomic mass is 35.5. The van der Waals surface area contributed by atoms with E-state index in [-0.39, 0.29) is 29.3 Å². The van der Waals surface area contributed by atoms with Gasteiger partial charge in [0.15, 0.2) is 6.61 Å². The van der Waals surface area contributed by atoms with E-state index in [4.69, 9.17) is 16.3 Å². The lowest BCUT2D eigenvalue weighted by Crippen LogP contribution is -2.36. The van der Waals surface area contributed by atoms with Crippen LogP contribution in [0.2, 0.25) is 5.15 Å². The second-order valence-electron chi connectivity index (χ2n) is 7.96. The van der Waals surface area contributed by atoms with Gasteiger partial charge in [0.1, 0.15) is 10.7 Å². The predicted molar refractivity (Wildman–Crippen MR) is 125 cm³/mol. The zero-order valence-electron chi connectivity index (χ0n) is 18.6. The van der Waals surface area contributed by atoms with Crippen molar-refractivity contribution in [3.8, 4) is 0 Å². The number of carbonyl (C=O) groups is 2. The first kappa shape index (κ1) is 23.5. The van der Waals surface area contributed by atoms with E-state index in [9.17, 15) is 9.59 Å². The van der Waals surface area contributed by atoms with Crippen molar-refractivity contribution >= 4 is 23.5 Å². The van der Waals surface area contributed by atoms with Crippen LogP contribution in [0.15, 0.2) is 54.6 Å². The molecule has 0 radical (unpaired) electrons. The minimum Gasteiger partial charge on any atom is -0.452 e. The van der Waals surface area contributed by atoms with E-state index in [1.54, 1.807) is 11.6 Å². The van der Waals surface area contributed by atoms with Crippen LogP contribution < -0.4 is 5.32 Å². The molecule has 0 aliphatic rings. The van der Waals surface area contributed by atoms with Gasteiger partial charge in [-0.3, -0.25) is 4.79 Å². The number of aromatic nitrogens is 2. The van der Waals surface area contributed by atoms with E-state index in [0.29, 0.717) is 12.2 Å². The second kappa shape index (κ2) is 11.0. The molecule has 1 heterocycles. The molecule has 1 atom stereocenters. The van der Waals surface area contributed by atoms with Crippen LogP contribution in [-0.4, -0.2) is 34.3 Å². The van der Waals surface area contributed by atoms with Gasteiger partial charge in [0.05, 0.1) is 12.2 Å². The Morgan fingerprint density at radius 1 is 1.06 bits per heavy atom. The number of nitrogens with one attached hydrogen (secondary N) is 1. The van der Waals surface area contributed by atoms with Gasteiger partial charge in [-0.15, -0.1) is 0 Å². The molecule has 0 aliphatic carbocycles. The van der Waals surface area contributed by atoms with E-state index in [1.165, 1.54) is 5.56 Å². The van der Waals surface area contributed by atoms with E-state index in [0.717, 1.165) is 24.0 Å². The maximum Gasteiger partial charge on any atom is 0.343 e. The van der Waals surface area contributed by atoms with Crippen molar-refractivity contribution in [3.05, 3.63) is 87.7 Å². The van der Waals surface area contributed by atoms with Gasteiger partial charge in [-0.25, -0.2) is 9.48 Å². The zero-order chi connectivity index (χ0) is 23.1. The number of rotatable bonds is 9. The van der Waals surface area contributed by atoms with Crippen LogP contribution in [0.3, 0.4) is 0 Å². The molecule has 32 heavy (non-hydrogen) atoms. The number of carbonyl (C=O) groups excluding carboxylic acids is 2. The van der Waals surface area contributed by atoms with Crippen LogP contribution in [0.4, 0.5) is 0 Å². The summed E-state index contributed by atoms with van der Waals surface area (Å²) < 4.78 is 6.77. The highest BCUT2D eigenvalue weighted by Crippen LogP contribution is 2.22. The summed E-state index contributed by atoms with van der Waals surface area (Å²) in [7, 11) is 0. The first-order valence-electron chi connectivity index (χ1n) is 10.6. The van der Waals surface area contributed by atoms with Crippen molar-refractivity contribution < 1.29 is 14.3 Å². The average Bonchev–Trinajstić information content (AvgIpc) is 3.05. The third-order valence-electron chi connectivity index (χ3n) is 5.17. The van der Waals surface area contributed by atoms with Crippen molar-refractivity contribution in [2.45, 2.75) is 46.2 Å². The number of hydrogen-bond acceptors (Lipinski definition) is 4. The van der Waals surface area contributed by atoms with Crippen molar-refractivity contribution in [2.24, 2.45) is 0 Å². The van der Waals surface area contributed by atoms with Gasteiger partial charge in [0, 0.05) is 6.04 Å². The molecule has 1 aromatic heterocycles. The summed E-state index contributed by atoms with van der Waals surface area (Å²) >= 11 is 6.40. The molecule has 0 fully saturated rings. The highest BCUT2D eigenvalue weighted by molar-refractivity contribution is 6.32. The number of amides is 1. The average molecular weight is 454 g/mol. The molecule has 0 spiro atoms. The summed E-state index contributed by atoms with van der Waals surface area (Å²) in [6, 6.07) is 18.0. The molecule has 3 rings (SSSR count). The summed E-state index contributed by atoms with van der Waals surface area (Å²) in [6.45, 7) is 5.71. The molecule has 1 amide bonds. The number of nitrogens with zero attached hydrogens (tertiary/aromatic N) is 2. The van der Waals surface area contributed by atoms with Crippen LogP contribution in [-0.2, 0) is 22.5 Å². The Morgan fingerprint density at radius 2 is 1.75 bits per heavy atom. The molecule has 0 aliphatic heterocycles. The molecule has 0 saturated heterocycles. The molecule has 0 saturated carbocycles. The van der Waals surface area contributed by atoms with Gasteiger partial charge in [0.25, 0.3) is 5.91 Å². The van der Waals surface area contributed by atoms with Gasteiger partial charge in [0.2, 0.25) is 0 Å². The van der Waals surface area contributed by atoms with Crippen molar-refractivity contribution in [1.82, 2.24) is 15.1 Å². The Hall–Kier alpha value is -3.12. The number of esters is 1. The fourth-order valence-electron chi connectivity index (χ4n) is 3.38. The summed E-state index contributed by atoms with van der Waals surface area (Å²) in [5.74, 6) is -1.01. The summed E-state index contributed by atoms with van der Waals surface area (Å²) in [5.41, 5.74) is 4.04. The predicted octanol–water partition coefficient (Wildman–Crippen LogP) is 4.50. The highest BCUT2D eigenvalue weighted by Gasteiger charge is 2.23. The Morgan fingerprint density at radius 3 is 2.44 bits per heavy atom. The molecule has 168 valence electrons. The van der Waals surface area contributed by atoms with Crippen molar-refractivity contribution in [1.29, 1.82) is 0 Å². The second-order valence-corrected chi connectivity index (χ2v) is 8.32. The largest absolute Gasteiger partial charge is 0.452 e. The minimum atomic E-state index is -0.658. The first-order chi connectivity index (χ1) is 15.3. The normalized spacial score (nSPS) is 11.8. The van der Waals surface area contributed by atoms with Crippen LogP contribution in [0.25, 0.3) is 0 Å². The van der Waals surface area contributed by atoms with Crippen LogP contribution in [0.5, 0.6) is 0 Å². The van der Waals surface area contributed by atoms with Gasteiger partial charge in [-0.1, -0.05) is 71.8 Å². The summed E-state index contributed by atoms with van der Waals surface area (Å²) in [4.78, 5) is 24.8. The van der Waals surface area contributed by atoms with E-state index in [1.807, 2.05) is 56.3 Å². The fraction of sp³-hybridized carbons (Fsp3) is 0.320. The lowest BCUT2D eigenvalue weighted by atomic mass is 10.1. The van der Waals surface area contributed by atoms with Crippen LogP contribution >= 0.6 is 11.6 Å². The number of ether oxygens (including phenoxy) is 1. The number of halogens is 1. The van der Waals surface area contributed by atoms with E-state index >= 15 is 0 Å². The SMILES string of the molecule is Cc1ccc(Cn2nc(C)c(C(=O)OCC(=O)NC(C)CCc3ccccc3)c2Cl)cc1. The van der Waals surface area contributed by atoms with Crippen LogP contribution in [0, 0.1) is 13.8 Å². The van der Waals surface area contributed by atoms with E-state index < -0.39 is 5.97 Å². The Bertz CT molecular complexity index is 1060. The van der Waals surface area contributed by atoms with Gasteiger partial charge in [-0.2, -0.15) is 5.10 Å². The van der Waals surface area contributed by atoms with Gasteiger partial charge < -0.3 is 10.1 Å². The third kappa shape index (κ3) is 6.44. The molecule has 1 N–H and O–H groups in total. The number of benzene rings is 2. The molecule has 3 aromatic rings. The van der Waals surface area contributed by atoms with Gasteiger partial charge in [-0.05, 0) is 44.7 Å². The van der Waals surface area contributed by atoms with Crippen molar-refractivity contribution in [2.75, 3.05) is 6.61 Å². The first-order valence-corrected chi connectivity index (χ1v) is 11.0. The number of hydrogen-bond donors (Lipinski definition) is 1. The standard InChI is InChI=1S/C25H28ClN3O3/c1-17-9-12-21(13-10-17)15-29-24(26)23(19(3)28-29)25(31)32-16-22(30)27-18(2)11-14-20-7-5-4-6-8-20/h4-10,12-13,18H,11,14-16H2,1-3H3,(H,27,30). The van der Waals surface area contributed by atoms with Gasteiger partial charge >= 0.3 is 5.97 Å². The zero-order valence-corrected chi connectivity index (χ0v) is 19.4. The monoisotopic (exact) mass is 453 g/mol. The van der Waals surface area contributed by atoms with E-state index in [2.05, 4.69) is 22.5 Å². The third-order valence-corrected chi connectivity index (χ3v) is 5.56. The molecule has 1 unspecified atom stereocenters. The smallest absolute Gasteiger partial charge is 0.343 e. The fourth-order valence-corrected chi connectivity index (χ4v) is 3.69. The van der Waals surface area contributed by atoms with Crippen molar-refractivity contribution in [3.63, 3.8) is 0 Å². The molecule has 0 bridgehead atoms. The Balaban J connectivity index is 1.51. The lowest BCUT2D eigenvalue weighted by Gasteiger charge is -2.14. The maximum absolute atomic E-state index is 12.6. The summed E-state index contributed by atoms with van der Waals surface area (Å²) in [5, 5.41) is 7.42. The molecular weight excluding hydrogens is 426 g/mol. The molecule has 2 aromatic carbocycles. The topological polar surface area (TPSA) is 73.2 Å². The molecular formula is C25H28ClN3O3. The minimum absolute atomic E-state index is 0.0380. The molecule has 6 nitrogen and oxygen atoms in total. The lowest BCUT2D eigenvalue weighted by molar-refractivity contribution is -0.124. The maximum atomic E-state index is 12.6. The quantitative estimate of drug-likeness (QED) is 0.484.